The molecule has 1 heteroatoms. The molecule has 94 valence electrons. The number of benzene rings is 1. The maximum absolute atomic E-state index is 3.86. The van der Waals surface area contributed by atoms with Crippen LogP contribution in [-0.4, -0.2) is 0 Å². The molecule has 0 saturated heterocycles. The van der Waals surface area contributed by atoms with E-state index in [4.69, 9.17) is 0 Å². The Morgan fingerprint density at radius 1 is 1.29 bits per heavy atom. The predicted molar refractivity (Wildman–Crippen MR) is 79.0 cm³/mol. The summed E-state index contributed by atoms with van der Waals surface area (Å²) >= 11 is 3.86. The maximum Gasteiger partial charge on any atom is 0.0398 e. The second-order valence-electron chi connectivity index (χ2n) is 5.86. The van der Waals surface area contributed by atoms with Gasteiger partial charge in [-0.2, -0.15) is 0 Å². The van der Waals surface area contributed by atoms with E-state index in [1.165, 1.54) is 37.7 Å². The molecular formula is C16H23Br. The summed E-state index contributed by atoms with van der Waals surface area (Å²) < 4.78 is 0. The Labute approximate surface area is 114 Å². The molecular weight excluding hydrogens is 272 g/mol. The Morgan fingerprint density at radius 3 is 2.76 bits per heavy atom. The second kappa shape index (κ2) is 5.14. The zero-order valence-corrected chi connectivity index (χ0v) is 12.8. The molecule has 1 aliphatic carbocycles. The molecule has 1 aromatic carbocycles. The highest BCUT2D eigenvalue weighted by Gasteiger charge is 2.22. The molecule has 0 radical (unpaired) electrons. The van der Waals surface area contributed by atoms with E-state index < -0.39 is 0 Å². The van der Waals surface area contributed by atoms with Crippen molar-refractivity contribution in [2.75, 3.05) is 0 Å². The summed E-state index contributed by atoms with van der Waals surface area (Å²) in [6.45, 7) is 6.96. The molecule has 0 saturated carbocycles. The van der Waals surface area contributed by atoms with Crippen LogP contribution < -0.4 is 0 Å². The average Bonchev–Trinajstić information content (AvgIpc) is 2.51. The third kappa shape index (κ3) is 2.76. The highest BCUT2D eigenvalue weighted by atomic mass is 79.9. The van der Waals surface area contributed by atoms with Crippen molar-refractivity contribution in [3.8, 4) is 0 Å². The first-order valence-corrected chi connectivity index (χ1v) is 7.73. The molecule has 0 spiro atoms. The molecule has 1 unspecified atom stereocenters. The molecule has 0 amide bonds. The number of alkyl halides is 1. The summed E-state index contributed by atoms with van der Waals surface area (Å²) in [4.78, 5) is 0.563. The number of rotatable bonds is 2. The van der Waals surface area contributed by atoms with Gasteiger partial charge in [0.05, 0.1) is 0 Å². The molecule has 0 bridgehead atoms. The van der Waals surface area contributed by atoms with Crippen molar-refractivity contribution in [3.63, 3.8) is 0 Å². The van der Waals surface area contributed by atoms with Crippen molar-refractivity contribution < 1.29 is 0 Å². The van der Waals surface area contributed by atoms with Crippen molar-refractivity contribution in [2.24, 2.45) is 0 Å². The van der Waals surface area contributed by atoms with Crippen LogP contribution >= 0.6 is 15.9 Å². The fourth-order valence-electron chi connectivity index (χ4n) is 2.53. The van der Waals surface area contributed by atoms with Crippen molar-refractivity contribution in [2.45, 2.75) is 63.1 Å². The summed E-state index contributed by atoms with van der Waals surface area (Å²) in [5.41, 5.74) is 4.89. The molecule has 2 rings (SSSR count). The lowest BCUT2D eigenvalue weighted by molar-refractivity contribution is 0.505. The quantitative estimate of drug-likeness (QED) is 0.496. The zero-order chi connectivity index (χ0) is 12.5. The van der Waals surface area contributed by atoms with E-state index in [2.05, 4.69) is 54.9 Å². The van der Waals surface area contributed by atoms with Gasteiger partial charge in [-0.25, -0.2) is 0 Å². The Kier molecular flexibility index (Phi) is 3.97. The molecule has 0 heterocycles. The van der Waals surface area contributed by atoms with Gasteiger partial charge in [0.1, 0.15) is 0 Å². The normalized spacial score (nSPS) is 20.8. The fourth-order valence-corrected chi connectivity index (χ4v) is 3.28. The van der Waals surface area contributed by atoms with Crippen LogP contribution in [0.15, 0.2) is 18.2 Å². The molecule has 1 aliphatic rings. The zero-order valence-electron chi connectivity index (χ0n) is 11.2. The van der Waals surface area contributed by atoms with Gasteiger partial charge in [0, 0.05) is 4.83 Å². The van der Waals surface area contributed by atoms with Crippen molar-refractivity contribution in [3.05, 3.63) is 34.9 Å². The molecule has 17 heavy (non-hydrogen) atoms. The van der Waals surface area contributed by atoms with Gasteiger partial charge in [0.15, 0.2) is 0 Å². The molecule has 0 fully saturated rings. The minimum Gasteiger partial charge on any atom is -0.0839 e. The number of aryl methyl sites for hydroxylation is 1. The Hall–Kier alpha value is -0.300. The lowest BCUT2D eigenvalue weighted by Gasteiger charge is -2.25. The van der Waals surface area contributed by atoms with Crippen LogP contribution in [0.2, 0.25) is 0 Å². The van der Waals surface area contributed by atoms with Crippen molar-refractivity contribution >= 4 is 15.9 Å². The SMILES string of the molecule is CCC(C)(C)c1ccc2c(c1)C(Br)CCCC2. The average molecular weight is 295 g/mol. The van der Waals surface area contributed by atoms with Gasteiger partial charge >= 0.3 is 0 Å². The number of fused-ring (bicyclic) bond motifs is 1. The minimum atomic E-state index is 0.300. The first-order valence-electron chi connectivity index (χ1n) is 6.82. The molecule has 0 aliphatic heterocycles. The van der Waals surface area contributed by atoms with Crippen LogP contribution in [0, 0.1) is 0 Å². The van der Waals surface area contributed by atoms with E-state index in [0.717, 1.165) is 0 Å². The number of hydrogen-bond donors (Lipinski definition) is 0. The smallest absolute Gasteiger partial charge is 0.0398 e. The summed E-state index contributed by atoms with van der Waals surface area (Å²) in [7, 11) is 0. The van der Waals surface area contributed by atoms with E-state index in [1.807, 2.05) is 0 Å². The van der Waals surface area contributed by atoms with Crippen LogP contribution in [0.3, 0.4) is 0 Å². The maximum atomic E-state index is 3.86. The summed E-state index contributed by atoms with van der Waals surface area (Å²) in [5, 5.41) is 0. The third-order valence-electron chi connectivity index (χ3n) is 4.30. The van der Waals surface area contributed by atoms with Gasteiger partial charge in [-0.1, -0.05) is 61.3 Å². The van der Waals surface area contributed by atoms with E-state index >= 15 is 0 Å². The van der Waals surface area contributed by atoms with E-state index in [-0.39, 0.29) is 0 Å². The van der Waals surface area contributed by atoms with E-state index in [0.29, 0.717) is 10.2 Å². The first-order chi connectivity index (χ1) is 8.04. The predicted octanol–water partition coefficient (Wildman–Crippen LogP) is 5.54. The monoisotopic (exact) mass is 294 g/mol. The Bertz CT molecular complexity index is 393. The van der Waals surface area contributed by atoms with Crippen LogP contribution in [-0.2, 0) is 11.8 Å². The van der Waals surface area contributed by atoms with Crippen LogP contribution in [0.1, 0.15) is 68.0 Å². The molecule has 0 nitrogen and oxygen atoms in total. The highest BCUT2D eigenvalue weighted by Crippen LogP contribution is 2.38. The number of hydrogen-bond acceptors (Lipinski definition) is 0. The van der Waals surface area contributed by atoms with Gasteiger partial charge in [-0.15, -0.1) is 0 Å². The topological polar surface area (TPSA) is 0 Å². The van der Waals surface area contributed by atoms with Gasteiger partial charge in [-0.05, 0) is 47.8 Å². The van der Waals surface area contributed by atoms with Gasteiger partial charge in [-0.3, -0.25) is 0 Å². The van der Waals surface area contributed by atoms with Crippen LogP contribution in [0.5, 0.6) is 0 Å². The Morgan fingerprint density at radius 2 is 2.06 bits per heavy atom. The largest absolute Gasteiger partial charge is 0.0839 e. The highest BCUT2D eigenvalue weighted by molar-refractivity contribution is 9.09. The lowest BCUT2D eigenvalue weighted by Crippen LogP contribution is -2.16. The first kappa shape index (κ1) is 13.1. The summed E-state index contributed by atoms with van der Waals surface area (Å²) in [6, 6.07) is 7.15. The molecule has 1 aromatic rings. The minimum absolute atomic E-state index is 0.300. The third-order valence-corrected chi connectivity index (χ3v) is 5.25. The summed E-state index contributed by atoms with van der Waals surface area (Å²) in [6.07, 6.45) is 6.41. The van der Waals surface area contributed by atoms with Crippen LogP contribution in [0.25, 0.3) is 0 Å². The van der Waals surface area contributed by atoms with Gasteiger partial charge < -0.3 is 0 Å². The standard InChI is InChI=1S/C16H23Br/c1-4-16(2,3)13-10-9-12-7-5-6-8-15(17)14(12)11-13/h9-11,15H,4-8H2,1-3H3. The second-order valence-corrected chi connectivity index (χ2v) is 6.97. The summed E-state index contributed by atoms with van der Waals surface area (Å²) in [5.74, 6) is 0. The number of halogens is 1. The molecule has 1 atom stereocenters. The molecule has 0 aromatic heterocycles. The lowest BCUT2D eigenvalue weighted by atomic mass is 9.80. The van der Waals surface area contributed by atoms with Crippen molar-refractivity contribution in [1.29, 1.82) is 0 Å². The van der Waals surface area contributed by atoms with Crippen molar-refractivity contribution in [1.82, 2.24) is 0 Å². The Balaban J connectivity index is 2.41. The van der Waals surface area contributed by atoms with Gasteiger partial charge in [0.25, 0.3) is 0 Å². The fraction of sp³-hybridized carbons (Fsp3) is 0.625. The van der Waals surface area contributed by atoms with Crippen LogP contribution in [0.4, 0.5) is 0 Å². The van der Waals surface area contributed by atoms with E-state index in [9.17, 15) is 0 Å². The van der Waals surface area contributed by atoms with Gasteiger partial charge in [0.2, 0.25) is 0 Å². The molecule has 0 N–H and O–H groups in total. The van der Waals surface area contributed by atoms with E-state index in [1.54, 1.807) is 11.1 Å².